The van der Waals surface area contributed by atoms with Crippen LogP contribution in [0.15, 0.2) is 36.4 Å². The van der Waals surface area contributed by atoms with E-state index in [4.69, 9.17) is 9.47 Å². The fourth-order valence-electron chi connectivity index (χ4n) is 3.36. The molecule has 2 amide bonds. The molecule has 0 aliphatic carbocycles. The van der Waals surface area contributed by atoms with Gasteiger partial charge in [0.25, 0.3) is 0 Å². The van der Waals surface area contributed by atoms with Crippen molar-refractivity contribution >= 4 is 23.2 Å². The standard InChI is InChI=1S/C21H24N2O4/c1-13-6-5-7-14(2)20(13)22-21(25)15-10-19(24)23(12-15)17-9-8-16(26-3)11-18(17)27-4/h5-9,11,15H,10,12H2,1-4H3,(H,22,25)/t15-/m1/s1. The summed E-state index contributed by atoms with van der Waals surface area (Å²) in [7, 11) is 3.12. The number of anilines is 2. The number of hydrogen-bond donors (Lipinski definition) is 1. The average molecular weight is 368 g/mol. The van der Waals surface area contributed by atoms with Crippen LogP contribution in [0.25, 0.3) is 0 Å². The third kappa shape index (κ3) is 3.74. The Hall–Kier alpha value is -3.02. The van der Waals surface area contributed by atoms with Crippen molar-refractivity contribution in [2.45, 2.75) is 20.3 Å². The lowest BCUT2D eigenvalue weighted by Crippen LogP contribution is -2.28. The van der Waals surface area contributed by atoms with Crippen LogP contribution in [0, 0.1) is 19.8 Å². The predicted octanol–water partition coefficient (Wildman–Crippen LogP) is 3.31. The minimum absolute atomic E-state index is 0.0971. The van der Waals surface area contributed by atoms with Crippen LogP contribution >= 0.6 is 0 Å². The lowest BCUT2D eigenvalue weighted by atomic mass is 10.1. The van der Waals surface area contributed by atoms with E-state index >= 15 is 0 Å². The van der Waals surface area contributed by atoms with E-state index in [0.29, 0.717) is 23.7 Å². The molecular weight excluding hydrogens is 344 g/mol. The molecule has 3 rings (SSSR count). The number of rotatable bonds is 5. The second-order valence-corrected chi connectivity index (χ2v) is 6.70. The molecule has 142 valence electrons. The highest BCUT2D eigenvalue weighted by Gasteiger charge is 2.36. The molecule has 1 N–H and O–H groups in total. The second-order valence-electron chi connectivity index (χ2n) is 6.70. The van der Waals surface area contributed by atoms with E-state index in [1.54, 1.807) is 37.3 Å². The number of carbonyl (C=O) groups excluding carboxylic acids is 2. The van der Waals surface area contributed by atoms with Gasteiger partial charge in [0.1, 0.15) is 11.5 Å². The molecule has 0 radical (unpaired) electrons. The summed E-state index contributed by atoms with van der Waals surface area (Å²) >= 11 is 0. The number of carbonyl (C=O) groups is 2. The quantitative estimate of drug-likeness (QED) is 0.879. The molecule has 0 spiro atoms. The molecule has 2 aromatic carbocycles. The summed E-state index contributed by atoms with van der Waals surface area (Å²) in [5, 5.41) is 2.99. The molecule has 1 aliphatic rings. The monoisotopic (exact) mass is 368 g/mol. The average Bonchev–Trinajstić information content (AvgIpc) is 3.05. The number of para-hydroxylation sites is 1. The van der Waals surface area contributed by atoms with Crippen LogP contribution in [0.1, 0.15) is 17.5 Å². The van der Waals surface area contributed by atoms with Gasteiger partial charge in [-0.2, -0.15) is 0 Å². The zero-order chi connectivity index (χ0) is 19.6. The minimum atomic E-state index is -0.414. The maximum atomic E-state index is 12.8. The van der Waals surface area contributed by atoms with Crippen LogP contribution in [0.3, 0.4) is 0 Å². The Balaban J connectivity index is 1.78. The molecule has 2 aromatic rings. The number of ether oxygens (including phenoxy) is 2. The summed E-state index contributed by atoms with van der Waals surface area (Å²) in [6.45, 7) is 4.23. The minimum Gasteiger partial charge on any atom is -0.497 e. The number of aryl methyl sites for hydroxylation is 2. The Morgan fingerprint density at radius 2 is 1.81 bits per heavy atom. The maximum absolute atomic E-state index is 12.8. The third-order valence-electron chi connectivity index (χ3n) is 4.90. The fourth-order valence-corrected chi connectivity index (χ4v) is 3.36. The van der Waals surface area contributed by atoms with Crippen molar-refractivity contribution in [1.82, 2.24) is 0 Å². The third-order valence-corrected chi connectivity index (χ3v) is 4.90. The highest BCUT2D eigenvalue weighted by atomic mass is 16.5. The van der Waals surface area contributed by atoms with Crippen molar-refractivity contribution in [3.63, 3.8) is 0 Å². The van der Waals surface area contributed by atoms with E-state index < -0.39 is 5.92 Å². The molecular formula is C21H24N2O4. The van der Waals surface area contributed by atoms with Crippen molar-refractivity contribution in [3.05, 3.63) is 47.5 Å². The molecule has 1 fully saturated rings. The molecule has 0 bridgehead atoms. The summed E-state index contributed by atoms with van der Waals surface area (Å²) in [5.74, 6) is 0.532. The largest absolute Gasteiger partial charge is 0.497 e. The second kappa shape index (κ2) is 7.70. The van der Waals surface area contributed by atoms with Gasteiger partial charge in [-0.05, 0) is 37.1 Å². The molecule has 0 aromatic heterocycles. The molecule has 0 unspecified atom stereocenters. The molecule has 1 heterocycles. The molecule has 1 aliphatic heterocycles. The zero-order valence-electron chi connectivity index (χ0n) is 16.0. The first-order valence-electron chi connectivity index (χ1n) is 8.84. The Morgan fingerprint density at radius 1 is 1.11 bits per heavy atom. The Kier molecular flexibility index (Phi) is 5.35. The first kappa shape index (κ1) is 18.8. The van der Waals surface area contributed by atoms with Crippen LogP contribution in [0.5, 0.6) is 11.5 Å². The predicted molar refractivity (Wildman–Crippen MR) is 105 cm³/mol. The van der Waals surface area contributed by atoms with Gasteiger partial charge in [0.05, 0.1) is 25.8 Å². The molecule has 1 saturated heterocycles. The van der Waals surface area contributed by atoms with E-state index in [0.717, 1.165) is 16.8 Å². The number of nitrogens with one attached hydrogen (secondary N) is 1. The fraction of sp³-hybridized carbons (Fsp3) is 0.333. The lowest BCUT2D eigenvalue weighted by Gasteiger charge is -2.20. The number of amides is 2. The SMILES string of the molecule is COc1ccc(N2C[C@H](C(=O)Nc3c(C)cccc3C)CC2=O)c(OC)c1. The van der Waals surface area contributed by atoms with Gasteiger partial charge in [-0.15, -0.1) is 0 Å². The zero-order valence-corrected chi connectivity index (χ0v) is 16.0. The lowest BCUT2D eigenvalue weighted by molar-refractivity contribution is -0.122. The van der Waals surface area contributed by atoms with Crippen LogP contribution < -0.4 is 19.7 Å². The Labute approximate surface area is 159 Å². The van der Waals surface area contributed by atoms with Gasteiger partial charge >= 0.3 is 0 Å². The van der Waals surface area contributed by atoms with E-state index in [9.17, 15) is 9.59 Å². The Bertz CT molecular complexity index is 858. The van der Waals surface area contributed by atoms with Crippen molar-refractivity contribution < 1.29 is 19.1 Å². The molecule has 6 nitrogen and oxygen atoms in total. The van der Waals surface area contributed by atoms with Gasteiger partial charge in [-0.1, -0.05) is 18.2 Å². The van der Waals surface area contributed by atoms with Crippen molar-refractivity contribution in [2.24, 2.45) is 5.92 Å². The van der Waals surface area contributed by atoms with Gasteiger partial charge in [-0.3, -0.25) is 9.59 Å². The number of methoxy groups -OCH3 is 2. The molecule has 0 saturated carbocycles. The normalized spacial score (nSPS) is 16.4. The highest BCUT2D eigenvalue weighted by molar-refractivity contribution is 6.04. The Morgan fingerprint density at radius 3 is 2.44 bits per heavy atom. The van der Waals surface area contributed by atoms with Crippen LogP contribution in [-0.4, -0.2) is 32.6 Å². The van der Waals surface area contributed by atoms with Gasteiger partial charge in [-0.25, -0.2) is 0 Å². The van der Waals surface area contributed by atoms with E-state index in [2.05, 4.69) is 5.32 Å². The number of benzene rings is 2. The smallest absolute Gasteiger partial charge is 0.229 e. The van der Waals surface area contributed by atoms with Crippen molar-refractivity contribution in [2.75, 3.05) is 31.0 Å². The summed E-state index contributed by atoms with van der Waals surface area (Å²) in [6.07, 6.45) is 0.173. The molecule has 6 heteroatoms. The summed E-state index contributed by atoms with van der Waals surface area (Å²) in [6, 6.07) is 11.1. The number of hydrogen-bond acceptors (Lipinski definition) is 4. The van der Waals surface area contributed by atoms with Crippen molar-refractivity contribution in [1.29, 1.82) is 0 Å². The number of nitrogens with zero attached hydrogens (tertiary/aromatic N) is 1. The van der Waals surface area contributed by atoms with Crippen LogP contribution in [0.2, 0.25) is 0 Å². The first-order valence-corrected chi connectivity index (χ1v) is 8.84. The summed E-state index contributed by atoms with van der Waals surface area (Å²) in [4.78, 5) is 26.9. The van der Waals surface area contributed by atoms with Crippen molar-refractivity contribution in [3.8, 4) is 11.5 Å². The van der Waals surface area contributed by atoms with E-state index in [1.165, 1.54) is 0 Å². The molecule has 1 atom stereocenters. The first-order chi connectivity index (χ1) is 12.9. The van der Waals surface area contributed by atoms with Gasteiger partial charge in [0, 0.05) is 24.7 Å². The van der Waals surface area contributed by atoms with E-state index in [1.807, 2.05) is 32.0 Å². The molecule has 27 heavy (non-hydrogen) atoms. The summed E-state index contributed by atoms with van der Waals surface area (Å²) in [5.41, 5.74) is 3.46. The highest BCUT2D eigenvalue weighted by Crippen LogP contribution is 2.36. The van der Waals surface area contributed by atoms with Crippen LogP contribution in [0.4, 0.5) is 11.4 Å². The van der Waals surface area contributed by atoms with Crippen LogP contribution in [-0.2, 0) is 9.59 Å². The van der Waals surface area contributed by atoms with Gasteiger partial charge in [0.2, 0.25) is 11.8 Å². The maximum Gasteiger partial charge on any atom is 0.229 e. The van der Waals surface area contributed by atoms with Gasteiger partial charge in [0.15, 0.2) is 0 Å². The topological polar surface area (TPSA) is 67.9 Å². The van der Waals surface area contributed by atoms with Gasteiger partial charge < -0.3 is 19.7 Å². The summed E-state index contributed by atoms with van der Waals surface area (Å²) < 4.78 is 10.6. The van der Waals surface area contributed by atoms with E-state index in [-0.39, 0.29) is 18.2 Å².